The number of carbonyl (C=O) groups is 2. The maximum atomic E-state index is 13.9. The molecule has 0 radical (unpaired) electrons. The van der Waals surface area contributed by atoms with Gasteiger partial charge in [0, 0.05) is 10.5 Å². The Hall–Kier alpha value is -2.87. The fraction of sp³-hybridized carbons (Fsp3) is 0.0625. The minimum atomic E-state index is -0.467. The van der Waals surface area contributed by atoms with Gasteiger partial charge in [-0.05, 0) is 30.3 Å². The number of hydrogen-bond acceptors (Lipinski definition) is 4. The molecule has 2 heterocycles. The number of amides is 2. The number of aromatic nitrogens is 2. The summed E-state index contributed by atoms with van der Waals surface area (Å²) in [5, 5.41) is 12.2. The molecule has 0 saturated carbocycles. The molecule has 120 valence electrons. The molecule has 2 amide bonds. The highest BCUT2D eigenvalue weighted by molar-refractivity contribution is 8.00. The third-order valence-electron chi connectivity index (χ3n) is 3.65. The topological polar surface area (TPSA) is 86.9 Å². The molecule has 3 aromatic rings. The van der Waals surface area contributed by atoms with Gasteiger partial charge in [-0.2, -0.15) is 5.10 Å². The molecule has 24 heavy (non-hydrogen) atoms. The number of carbonyl (C=O) groups excluding carboxylic acids is 2. The Morgan fingerprint density at radius 2 is 2.17 bits per heavy atom. The second-order valence-corrected chi connectivity index (χ2v) is 6.25. The van der Waals surface area contributed by atoms with Crippen LogP contribution in [0.3, 0.4) is 0 Å². The highest BCUT2D eigenvalue weighted by atomic mass is 32.2. The molecule has 1 aliphatic heterocycles. The lowest BCUT2D eigenvalue weighted by Crippen LogP contribution is -2.20. The lowest BCUT2D eigenvalue weighted by atomic mass is 10.1. The van der Waals surface area contributed by atoms with Crippen LogP contribution in [0.25, 0.3) is 10.9 Å². The van der Waals surface area contributed by atoms with Gasteiger partial charge >= 0.3 is 0 Å². The molecule has 0 spiro atoms. The van der Waals surface area contributed by atoms with Crippen LogP contribution in [0.5, 0.6) is 0 Å². The number of hydrogen-bond donors (Lipinski definition) is 3. The highest BCUT2D eigenvalue weighted by Gasteiger charge is 2.19. The normalized spacial score (nSPS) is 13.5. The van der Waals surface area contributed by atoms with Gasteiger partial charge in [-0.15, -0.1) is 11.8 Å². The zero-order valence-corrected chi connectivity index (χ0v) is 13.0. The van der Waals surface area contributed by atoms with E-state index in [1.54, 1.807) is 30.3 Å². The molecule has 2 aromatic carbocycles. The zero-order chi connectivity index (χ0) is 16.7. The summed E-state index contributed by atoms with van der Waals surface area (Å²) in [6.45, 7) is 0. The maximum Gasteiger partial charge on any atom is 0.256 e. The van der Waals surface area contributed by atoms with Gasteiger partial charge in [-0.25, -0.2) is 4.39 Å². The minimum Gasteiger partial charge on any atom is -0.324 e. The first kappa shape index (κ1) is 14.7. The molecular weight excluding hydrogens is 331 g/mol. The van der Waals surface area contributed by atoms with Crippen molar-refractivity contribution in [3.05, 3.63) is 47.8 Å². The average Bonchev–Trinajstić information content (AvgIpc) is 2.98. The van der Waals surface area contributed by atoms with Crippen LogP contribution in [0, 0.1) is 5.82 Å². The largest absolute Gasteiger partial charge is 0.324 e. The summed E-state index contributed by atoms with van der Waals surface area (Å²) >= 11 is 1.42. The van der Waals surface area contributed by atoms with Crippen LogP contribution in [0.15, 0.2) is 41.3 Å². The molecule has 0 unspecified atom stereocenters. The van der Waals surface area contributed by atoms with Crippen molar-refractivity contribution in [3.8, 4) is 0 Å². The van der Waals surface area contributed by atoms with Gasteiger partial charge in [0.15, 0.2) is 5.82 Å². The van der Waals surface area contributed by atoms with E-state index in [0.29, 0.717) is 22.5 Å². The Morgan fingerprint density at radius 3 is 3.04 bits per heavy atom. The van der Waals surface area contributed by atoms with E-state index >= 15 is 0 Å². The Labute approximate surface area is 139 Å². The molecule has 6 nitrogen and oxygen atoms in total. The van der Waals surface area contributed by atoms with Crippen molar-refractivity contribution in [2.75, 3.05) is 16.4 Å². The fourth-order valence-corrected chi connectivity index (χ4v) is 3.31. The van der Waals surface area contributed by atoms with Crippen molar-refractivity contribution in [1.82, 2.24) is 10.2 Å². The number of H-pyrrole nitrogens is 1. The van der Waals surface area contributed by atoms with Crippen LogP contribution in [0.4, 0.5) is 15.9 Å². The first-order chi connectivity index (χ1) is 11.6. The number of aromatic amines is 1. The van der Waals surface area contributed by atoms with E-state index in [4.69, 9.17) is 0 Å². The summed E-state index contributed by atoms with van der Waals surface area (Å²) in [5.41, 5.74) is 1.45. The van der Waals surface area contributed by atoms with Crippen molar-refractivity contribution >= 4 is 46.0 Å². The van der Waals surface area contributed by atoms with E-state index in [1.807, 2.05) is 0 Å². The molecule has 0 saturated heterocycles. The van der Waals surface area contributed by atoms with Crippen LogP contribution in [0.2, 0.25) is 0 Å². The Balaban J connectivity index is 1.64. The van der Waals surface area contributed by atoms with Crippen LogP contribution >= 0.6 is 11.8 Å². The maximum absolute atomic E-state index is 13.9. The molecule has 1 aliphatic rings. The molecule has 0 bridgehead atoms. The SMILES string of the molecule is O=C1CSc2ccc(C(=O)Nc3n[nH]c4cccc(F)c34)cc2N1. The van der Waals surface area contributed by atoms with Crippen molar-refractivity contribution in [2.24, 2.45) is 0 Å². The molecular formula is C16H11FN4O2S. The van der Waals surface area contributed by atoms with E-state index in [-0.39, 0.29) is 17.1 Å². The number of nitrogens with zero attached hydrogens (tertiary/aromatic N) is 1. The van der Waals surface area contributed by atoms with E-state index in [0.717, 1.165) is 4.90 Å². The van der Waals surface area contributed by atoms with Gasteiger partial charge in [0.25, 0.3) is 5.91 Å². The minimum absolute atomic E-state index is 0.106. The zero-order valence-electron chi connectivity index (χ0n) is 12.2. The summed E-state index contributed by atoms with van der Waals surface area (Å²) in [6.07, 6.45) is 0. The van der Waals surface area contributed by atoms with Gasteiger partial charge in [-0.3, -0.25) is 14.7 Å². The van der Waals surface area contributed by atoms with Crippen molar-refractivity contribution in [1.29, 1.82) is 0 Å². The predicted molar refractivity (Wildman–Crippen MR) is 89.8 cm³/mol. The highest BCUT2D eigenvalue weighted by Crippen LogP contribution is 2.32. The summed E-state index contributed by atoms with van der Waals surface area (Å²) in [6, 6.07) is 9.57. The van der Waals surface area contributed by atoms with E-state index in [1.165, 1.54) is 17.8 Å². The summed E-state index contributed by atoms with van der Waals surface area (Å²) in [4.78, 5) is 24.8. The molecule has 3 N–H and O–H groups in total. The number of thioether (sulfide) groups is 1. The molecule has 4 rings (SSSR count). The third kappa shape index (κ3) is 2.50. The van der Waals surface area contributed by atoms with Crippen LogP contribution in [-0.4, -0.2) is 27.8 Å². The van der Waals surface area contributed by atoms with Crippen molar-refractivity contribution in [3.63, 3.8) is 0 Å². The van der Waals surface area contributed by atoms with Crippen LogP contribution in [-0.2, 0) is 4.79 Å². The van der Waals surface area contributed by atoms with Crippen molar-refractivity contribution in [2.45, 2.75) is 4.90 Å². The first-order valence-corrected chi connectivity index (χ1v) is 8.11. The van der Waals surface area contributed by atoms with Gasteiger partial charge < -0.3 is 10.6 Å². The molecule has 1 aromatic heterocycles. The Kier molecular flexibility index (Phi) is 3.46. The Bertz CT molecular complexity index is 985. The predicted octanol–water partition coefficient (Wildman–Crippen LogP) is 3.00. The van der Waals surface area contributed by atoms with Gasteiger partial charge in [-0.1, -0.05) is 6.07 Å². The summed E-state index contributed by atoms with van der Waals surface area (Å²) < 4.78 is 13.9. The smallest absolute Gasteiger partial charge is 0.256 e. The lowest BCUT2D eigenvalue weighted by Gasteiger charge is -2.16. The second kappa shape index (κ2) is 5.64. The van der Waals surface area contributed by atoms with Gasteiger partial charge in [0.2, 0.25) is 5.91 Å². The average molecular weight is 342 g/mol. The summed E-state index contributed by atoms with van der Waals surface area (Å²) in [7, 11) is 0. The third-order valence-corrected chi connectivity index (χ3v) is 4.72. The number of nitrogens with one attached hydrogen (secondary N) is 3. The number of anilines is 2. The number of rotatable bonds is 2. The monoisotopic (exact) mass is 342 g/mol. The quantitative estimate of drug-likeness (QED) is 0.668. The lowest BCUT2D eigenvalue weighted by molar-refractivity contribution is -0.113. The van der Waals surface area contributed by atoms with Gasteiger partial charge in [0.1, 0.15) is 5.82 Å². The number of benzene rings is 2. The van der Waals surface area contributed by atoms with E-state index < -0.39 is 11.7 Å². The first-order valence-electron chi connectivity index (χ1n) is 7.12. The molecule has 0 fully saturated rings. The van der Waals surface area contributed by atoms with E-state index in [9.17, 15) is 14.0 Å². The van der Waals surface area contributed by atoms with E-state index in [2.05, 4.69) is 20.8 Å². The number of halogens is 1. The second-order valence-electron chi connectivity index (χ2n) is 5.24. The summed E-state index contributed by atoms with van der Waals surface area (Å²) in [5.74, 6) is -0.517. The molecule has 8 heteroatoms. The standard InChI is InChI=1S/C16H11FN4O2S/c17-9-2-1-3-10-14(9)15(21-20-10)19-16(23)8-4-5-12-11(6-8)18-13(22)7-24-12/h1-6H,7H2,(H,18,22)(H2,19,20,21,23). The van der Waals surface area contributed by atoms with Crippen LogP contribution < -0.4 is 10.6 Å². The fourth-order valence-electron chi connectivity index (χ4n) is 2.52. The number of fused-ring (bicyclic) bond motifs is 2. The van der Waals surface area contributed by atoms with Crippen LogP contribution in [0.1, 0.15) is 10.4 Å². The van der Waals surface area contributed by atoms with Crippen molar-refractivity contribution < 1.29 is 14.0 Å². The molecule has 0 atom stereocenters. The molecule has 0 aliphatic carbocycles. The Morgan fingerprint density at radius 1 is 1.29 bits per heavy atom. The van der Waals surface area contributed by atoms with Gasteiger partial charge in [0.05, 0.1) is 22.3 Å².